The van der Waals surface area contributed by atoms with Gasteiger partial charge in [-0.15, -0.1) is 0 Å². The van der Waals surface area contributed by atoms with Crippen molar-refractivity contribution in [3.05, 3.63) is 36.0 Å². The lowest BCUT2D eigenvalue weighted by molar-refractivity contribution is 0.0603. The summed E-state index contributed by atoms with van der Waals surface area (Å²) in [5.41, 5.74) is 1.23. The first-order valence-corrected chi connectivity index (χ1v) is 5.92. The van der Waals surface area contributed by atoms with Gasteiger partial charge in [-0.2, -0.15) is 0 Å². The van der Waals surface area contributed by atoms with Crippen LogP contribution in [0.1, 0.15) is 23.2 Å². The maximum atomic E-state index is 11.7. The Bertz CT molecular complexity index is 605. The van der Waals surface area contributed by atoms with E-state index in [4.69, 9.17) is 9.47 Å². The zero-order valence-corrected chi connectivity index (χ0v) is 10.1. The molecular formula is C14H13NO3. The van der Waals surface area contributed by atoms with Crippen LogP contribution in [0.25, 0.3) is 10.9 Å². The van der Waals surface area contributed by atoms with Gasteiger partial charge in [0.2, 0.25) is 0 Å². The molecular weight excluding hydrogens is 230 g/mol. The highest BCUT2D eigenvalue weighted by Gasteiger charge is 2.25. The molecule has 2 aromatic rings. The standard InChI is InChI=1S/C14H13NO3/c1-17-14(16)11-6-7-12(18-9-4-5-9)13-10(11)3-2-8-15-13/h2-3,6-9H,4-5H2,1H3. The Kier molecular flexibility index (Phi) is 2.63. The van der Waals surface area contributed by atoms with Crippen molar-refractivity contribution in [1.29, 1.82) is 0 Å². The quantitative estimate of drug-likeness (QED) is 0.777. The molecule has 4 nitrogen and oxygen atoms in total. The monoisotopic (exact) mass is 243 g/mol. The third-order valence-corrected chi connectivity index (χ3v) is 2.96. The molecule has 1 aliphatic carbocycles. The predicted octanol–water partition coefficient (Wildman–Crippen LogP) is 2.56. The molecule has 0 aliphatic heterocycles. The highest BCUT2D eigenvalue weighted by atomic mass is 16.5. The molecule has 1 aromatic heterocycles. The van der Waals surface area contributed by atoms with Crippen LogP contribution in [0.5, 0.6) is 5.75 Å². The second-order valence-corrected chi connectivity index (χ2v) is 4.32. The van der Waals surface area contributed by atoms with Crippen LogP contribution in [0.4, 0.5) is 0 Å². The van der Waals surface area contributed by atoms with Crippen LogP contribution in [0, 0.1) is 0 Å². The number of pyridine rings is 1. The number of nitrogens with zero attached hydrogens (tertiary/aromatic N) is 1. The van der Waals surface area contributed by atoms with Gasteiger partial charge in [-0.1, -0.05) is 6.07 Å². The van der Waals surface area contributed by atoms with Crippen LogP contribution in [0.3, 0.4) is 0 Å². The van der Waals surface area contributed by atoms with E-state index in [1.807, 2.05) is 6.07 Å². The van der Waals surface area contributed by atoms with Crippen LogP contribution in [-0.4, -0.2) is 24.2 Å². The molecule has 92 valence electrons. The Labute approximate surface area is 105 Å². The summed E-state index contributed by atoms with van der Waals surface area (Å²) in [6, 6.07) is 7.18. The summed E-state index contributed by atoms with van der Waals surface area (Å²) in [7, 11) is 1.37. The zero-order valence-electron chi connectivity index (χ0n) is 10.1. The lowest BCUT2D eigenvalue weighted by Crippen LogP contribution is -2.04. The van der Waals surface area contributed by atoms with Crippen LogP contribution >= 0.6 is 0 Å². The van der Waals surface area contributed by atoms with E-state index in [2.05, 4.69) is 4.98 Å². The van der Waals surface area contributed by atoms with Gasteiger partial charge in [-0.3, -0.25) is 4.98 Å². The van der Waals surface area contributed by atoms with E-state index >= 15 is 0 Å². The van der Waals surface area contributed by atoms with Crippen molar-refractivity contribution in [2.24, 2.45) is 0 Å². The summed E-state index contributed by atoms with van der Waals surface area (Å²) in [5.74, 6) is 0.381. The van der Waals surface area contributed by atoms with Crippen LogP contribution in [0.2, 0.25) is 0 Å². The number of esters is 1. The molecule has 0 saturated heterocycles. The number of methoxy groups -OCH3 is 1. The first-order valence-electron chi connectivity index (χ1n) is 5.92. The summed E-state index contributed by atoms with van der Waals surface area (Å²) in [5, 5.41) is 0.766. The largest absolute Gasteiger partial charge is 0.488 e. The molecule has 18 heavy (non-hydrogen) atoms. The number of fused-ring (bicyclic) bond motifs is 1. The number of carbonyl (C=O) groups is 1. The molecule has 1 saturated carbocycles. The Hall–Kier alpha value is -2.10. The fourth-order valence-electron chi connectivity index (χ4n) is 1.90. The van der Waals surface area contributed by atoms with E-state index in [1.165, 1.54) is 7.11 Å². The lowest BCUT2D eigenvalue weighted by atomic mass is 10.1. The molecule has 1 heterocycles. The third kappa shape index (κ3) is 1.90. The van der Waals surface area contributed by atoms with Gasteiger partial charge in [0.25, 0.3) is 0 Å². The number of aromatic nitrogens is 1. The minimum absolute atomic E-state index is 0.305. The number of benzene rings is 1. The first kappa shape index (κ1) is 11.0. The maximum Gasteiger partial charge on any atom is 0.338 e. The average molecular weight is 243 g/mol. The topological polar surface area (TPSA) is 48.4 Å². The lowest BCUT2D eigenvalue weighted by Gasteiger charge is -2.10. The number of ether oxygens (including phenoxy) is 2. The van der Waals surface area contributed by atoms with Crippen molar-refractivity contribution in [3.63, 3.8) is 0 Å². The highest BCUT2D eigenvalue weighted by Crippen LogP contribution is 2.32. The van der Waals surface area contributed by atoms with E-state index in [0.717, 1.165) is 24.0 Å². The third-order valence-electron chi connectivity index (χ3n) is 2.96. The van der Waals surface area contributed by atoms with Crippen molar-refractivity contribution < 1.29 is 14.3 Å². The SMILES string of the molecule is COC(=O)c1ccc(OC2CC2)c2ncccc12. The number of carbonyl (C=O) groups excluding carboxylic acids is 1. The molecule has 0 amide bonds. The van der Waals surface area contributed by atoms with E-state index in [1.54, 1.807) is 24.4 Å². The summed E-state index contributed by atoms with van der Waals surface area (Å²) in [6.07, 6.45) is 4.18. The zero-order chi connectivity index (χ0) is 12.5. The van der Waals surface area contributed by atoms with Crippen molar-refractivity contribution in [1.82, 2.24) is 4.98 Å². The minimum atomic E-state index is -0.356. The fraction of sp³-hybridized carbons (Fsp3) is 0.286. The Balaban J connectivity index is 2.14. The summed E-state index contributed by atoms with van der Waals surface area (Å²) >= 11 is 0. The molecule has 0 radical (unpaired) electrons. The van der Waals surface area contributed by atoms with Gasteiger partial charge in [-0.25, -0.2) is 4.79 Å². The maximum absolute atomic E-state index is 11.7. The molecule has 4 heteroatoms. The van der Waals surface area contributed by atoms with Crippen LogP contribution < -0.4 is 4.74 Å². The van der Waals surface area contributed by atoms with Gasteiger partial charge in [0.1, 0.15) is 11.3 Å². The number of rotatable bonds is 3. The predicted molar refractivity (Wildman–Crippen MR) is 66.7 cm³/mol. The van der Waals surface area contributed by atoms with Gasteiger partial charge in [0.05, 0.1) is 18.8 Å². The number of hydrogen-bond acceptors (Lipinski definition) is 4. The normalized spacial score (nSPS) is 14.5. The Morgan fingerprint density at radius 3 is 2.89 bits per heavy atom. The molecule has 0 unspecified atom stereocenters. The molecule has 0 spiro atoms. The highest BCUT2D eigenvalue weighted by molar-refractivity contribution is 6.05. The summed E-state index contributed by atoms with van der Waals surface area (Å²) in [6.45, 7) is 0. The molecule has 1 aromatic carbocycles. The smallest absolute Gasteiger partial charge is 0.338 e. The Morgan fingerprint density at radius 1 is 1.33 bits per heavy atom. The van der Waals surface area contributed by atoms with Crippen molar-refractivity contribution in [3.8, 4) is 5.75 Å². The van der Waals surface area contributed by atoms with Crippen molar-refractivity contribution in [2.45, 2.75) is 18.9 Å². The number of hydrogen-bond donors (Lipinski definition) is 0. The average Bonchev–Trinajstić information content (AvgIpc) is 3.22. The van der Waals surface area contributed by atoms with Gasteiger partial charge < -0.3 is 9.47 Å². The van der Waals surface area contributed by atoms with Gasteiger partial charge in [-0.05, 0) is 31.0 Å². The van der Waals surface area contributed by atoms with Gasteiger partial charge in [0.15, 0.2) is 0 Å². The van der Waals surface area contributed by atoms with Gasteiger partial charge >= 0.3 is 5.97 Å². The molecule has 1 aliphatic rings. The van der Waals surface area contributed by atoms with E-state index in [-0.39, 0.29) is 5.97 Å². The van der Waals surface area contributed by atoms with Gasteiger partial charge in [0, 0.05) is 11.6 Å². The summed E-state index contributed by atoms with van der Waals surface area (Å²) < 4.78 is 10.6. The van der Waals surface area contributed by atoms with E-state index in [9.17, 15) is 4.79 Å². The van der Waals surface area contributed by atoms with Crippen LogP contribution in [-0.2, 0) is 4.74 Å². The minimum Gasteiger partial charge on any atom is -0.488 e. The summed E-state index contributed by atoms with van der Waals surface area (Å²) in [4.78, 5) is 16.0. The van der Waals surface area contributed by atoms with E-state index < -0.39 is 0 Å². The molecule has 0 N–H and O–H groups in total. The van der Waals surface area contributed by atoms with Crippen molar-refractivity contribution >= 4 is 16.9 Å². The van der Waals surface area contributed by atoms with Crippen LogP contribution in [0.15, 0.2) is 30.5 Å². The second kappa shape index (κ2) is 4.29. The van der Waals surface area contributed by atoms with Crippen molar-refractivity contribution in [2.75, 3.05) is 7.11 Å². The fourth-order valence-corrected chi connectivity index (χ4v) is 1.90. The molecule has 0 bridgehead atoms. The molecule has 1 fully saturated rings. The molecule has 3 rings (SSSR count). The second-order valence-electron chi connectivity index (χ2n) is 4.32. The Morgan fingerprint density at radius 2 is 2.17 bits per heavy atom. The van der Waals surface area contributed by atoms with E-state index in [0.29, 0.717) is 17.2 Å². The first-order chi connectivity index (χ1) is 8.79. The molecule has 0 atom stereocenters.